The second-order valence-electron chi connectivity index (χ2n) is 8.08. The van der Waals surface area contributed by atoms with Crippen molar-refractivity contribution in [1.82, 2.24) is 19.9 Å². The third kappa shape index (κ3) is 4.52. The number of pyridine rings is 3. The van der Waals surface area contributed by atoms with E-state index in [4.69, 9.17) is 0 Å². The highest BCUT2D eigenvalue weighted by Gasteiger charge is 2.33. The van der Waals surface area contributed by atoms with Crippen molar-refractivity contribution in [3.05, 3.63) is 84.4 Å². The molecule has 0 N–H and O–H groups in total. The first-order valence-electron chi connectivity index (χ1n) is 10.8. The van der Waals surface area contributed by atoms with E-state index < -0.39 is 11.9 Å². The molecular formula is C25H22F3N5. The van der Waals surface area contributed by atoms with Crippen LogP contribution in [0, 0.1) is 0 Å². The first kappa shape index (κ1) is 21.3. The van der Waals surface area contributed by atoms with Gasteiger partial charge in [-0.05, 0) is 29.3 Å². The monoisotopic (exact) mass is 449 g/mol. The SMILES string of the molecule is FC(F)(F)c1ccc2c(N3CCN(Cc4cccnc4)CC3)ncc(-c3ccccc3)c2n1. The molecule has 1 aliphatic rings. The van der Waals surface area contributed by atoms with Crippen molar-refractivity contribution in [1.29, 1.82) is 0 Å². The average molecular weight is 449 g/mol. The van der Waals surface area contributed by atoms with Gasteiger partial charge in [0.1, 0.15) is 11.5 Å². The van der Waals surface area contributed by atoms with Crippen LogP contribution in [0.4, 0.5) is 19.0 Å². The molecule has 8 heteroatoms. The summed E-state index contributed by atoms with van der Waals surface area (Å²) in [4.78, 5) is 17.4. The van der Waals surface area contributed by atoms with Gasteiger partial charge in [0.15, 0.2) is 0 Å². The van der Waals surface area contributed by atoms with E-state index >= 15 is 0 Å². The first-order chi connectivity index (χ1) is 16.0. The highest BCUT2D eigenvalue weighted by atomic mass is 19.4. The van der Waals surface area contributed by atoms with E-state index in [9.17, 15) is 13.2 Å². The second kappa shape index (κ2) is 8.78. The molecular weight excluding hydrogens is 427 g/mol. The Labute approximate surface area is 189 Å². The van der Waals surface area contributed by atoms with Crippen molar-refractivity contribution >= 4 is 16.7 Å². The first-order valence-corrected chi connectivity index (χ1v) is 10.8. The number of alkyl halides is 3. The van der Waals surface area contributed by atoms with Gasteiger partial charge in [-0.2, -0.15) is 13.2 Å². The van der Waals surface area contributed by atoms with Gasteiger partial charge in [0.05, 0.1) is 5.52 Å². The summed E-state index contributed by atoms with van der Waals surface area (Å²) in [6.07, 6.45) is 0.759. The molecule has 5 rings (SSSR count). The molecule has 0 radical (unpaired) electrons. The van der Waals surface area contributed by atoms with Crippen molar-refractivity contribution in [3.8, 4) is 11.1 Å². The molecule has 1 saturated heterocycles. The smallest absolute Gasteiger partial charge is 0.353 e. The van der Waals surface area contributed by atoms with Crippen molar-refractivity contribution in [2.45, 2.75) is 12.7 Å². The number of fused-ring (bicyclic) bond motifs is 1. The lowest BCUT2D eigenvalue weighted by molar-refractivity contribution is -0.140. The zero-order valence-corrected chi connectivity index (χ0v) is 17.8. The Morgan fingerprint density at radius 2 is 1.64 bits per heavy atom. The minimum absolute atomic E-state index is 0.318. The third-order valence-corrected chi connectivity index (χ3v) is 5.88. The van der Waals surface area contributed by atoms with Gasteiger partial charge in [-0.15, -0.1) is 0 Å². The quantitative estimate of drug-likeness (QED) is 0.437. The van der Waals surface area contributed by atoms with Crippen LogP contribution in [0.15, 0.2) is 73.2 Å². The van der Waals surface area contributed by atoms with Crippen LogP contribution in [0.3, 0.4) is 0 Å². The van der Waals surface area contributed by atoms with E-state index in [1.54, 1.807) is 12.4 Å². The predicted molar refractivity (Wildman–Crippen MR) is 122 cm³/mol. The number of halogens is 3. The van der Waals surface area contributed by atoms with Crippen LogP contribution in [0.25, 0.3) is 22.0 Å². The number of piperazine rings is 1. The van der Waals surface area contributed by atoms with E-state index in [-0.39, 0.29) is 0 Å². The number of hydrogen-bond acceptors (Lipinski definition) is 5. The van der Waals surface area contributed by atoms with Crippen LogP contribution in [-0.2, 0) is 12.7 Å². The van der Waals surface area contributed by atoms with Gasteiger partial charge in [-0.25, -0.2) is 9.97 Å². The van der Waals surface area contributed by atoms with Gasteiger partial charge in [0.2, 0.25) is 0 Å². The molecule has 1 aliphatic heterocycles. The predicted octanol–water partition coefficient (Wildman–Crippen LogP) is 5.03. The number of rotatable bonds is 4. The standard InChI is InChI=1S/C25H22F3N5/c26-25(27,28)22-9-8-20-23(31-22)21(19-6-2-1-3-7-19)16-30-24(20)33-13-11-32(12-14-33)17-18-5-4-10-29-15-18/h1-10,15-16H,11-14,17H2. The van der Waals surface area contributed by atoms with Crippen LogP contribution in [0.5, 0.6) is 0 Å². The van der Waals surface area contributed by atoms with Crippen LogP contribution >= 0.6 is 0 Å². The fourth-order valence-corrected chi connectivity index (χ4v) is 4.21. The summed E-state index contributed by atoms with van der Waals surface area (Å²) in [6.45, 7) is 3.93. The molecule has 4 aromatic rings. The molecule has 4 heterocycles. The Hall–Kier alpha value is -3.52. The molecule has 3 aromatic heterocycles. The minimum atomic E-state index is -4.51. The van der Waals surface area contributed by atoms with Gasteiger partial charge >= 0.3 is 6.18 Å². The van der Waals surface area contributed by atoms with Crippen molar-refractivity contribution in [3.63, 3.8) is 0 Å². The van der Waals surface area contributed by atoms with Crippen LogP contribution in [0.2, 0.25) is 0 Å². The molecule has 0 unspecified atom stereocenters. The molecule has 1 aromatic carbocycles. The number of nitrogens with zero attached hydrogens (tertiary/aromatic N) is 5. The van der Waals surface area contributed by atoms with E-state index in [0.29, 0.717) is 22.3 Å². The Morgan fingerprint density at radius 3 is 2.33 bits per heavy atom. The molecule has 1 fully saturated rings. The molecule has 0 saturated carbocycles. The molecule has 0 spiro atoms. The fourth-order valence-electron chi connectivity index (χ4n) is 4.21. The normalized spacial score (nSPS) is 15.2. The summed E-state index contributed by atoms with van der Waals surface area (Å²) < 4.78 is 40.3. The number of benzene rings is 1. The van der Waals surface area contributed by atoms with Gasteiger partial charge < -0.3 is 4.90 Å². The lowest BCUT2D eigenvalue weighted by Crippen LogP contribution is -2.46. The van der Waals surface area contributed by atoms with Crippen LogP contribution in [0.1, 0.15) is 11.3 Å². The van der Waals surface area contributed by atoms with Gasteiger partial charge in [-0.3, -0.25) is 9.88 Å². The van der Waals surface area contributed by atoms with Crippen LogP contribution < -0.4 is 4.90 Å². The highest BCUT2D eigenvalue weighted by molar-refractivity contribution is 5.99. The largest absolute Gasteiger partial charge is 0.433 e. The zero-order valence-electron chi connectivity index (χ0n) is 17.8. The Bertz CT molecular complexity index is 1240. The van der Waals surface area contributed by atoms with E-state index in [2.05, 4.69) is 30.8 Å². The van der Waals surface area contributed by atoms with Crippen molar-refractivity contribution in [2.75, 3.05) is 31.1 Å². The Morgan fingerprint density at radius 1 is 0.848 bits per heavy atom. The van der Waals surface area contributed by atoms with Crippen molar-refractivity contribution < 1.29 is 13.2 Å². The average Bonchev–Trinajstić information content (AvgIpc) is 2.84. The lowest BCUT2D eigenvalue weighted by atomic mass is 10.0. The highest BCUT2D eigenvalue weighted by Crippen LogP contribution is 2.36. The van der Waals surface area contributed by atoms with Crippen LogP contribution in [-0.4, -0.2) is 46.0 Å². The minimum Gasteiger partial charge on any atom is -0.353 e. The topological polar surface area (TPSA) is 45.2 Å². The number of anilines is 1. The molecule has 168 valence electrons. The Kier molecular flexibility index (Phi) is 5.68. The van der Waals surface area contributed by atoms with Gasteiger partial charge in [0.25, 0.3) is 0 Å². The maximum Gasteiger partial charge on any atom is 0.433 e. The summed E-state index contributed by atoms with van der Waals surface area (Å²) in [6, 6.07) is 15.8. The third-order valence-electron chi connectivity index (χ3n) is 5.88. The summed E-state index contributed by atoms with van der Waals surface area (Å²) in [5, 5.41) is 0.630. The summed E-state index contributed by atoms with van der Waals surface area (Å²) >= 11 is 0. The Balaban J connectivity index is 1.47. The summed E-state index contributed by atoms with van der Waals surface area (Å²) in [7, 11) is 0. The molecule has 0 bridgehead atoms. The molecule has 0 aliphatic carbocycles. The van der Waals surface area contributed by atoms with E-state index in [1.165, 1.54) is 6.07 Å². The number of hydrogen-bond donors (Lipinski definition) is 0. The zero-order chi connectivity index (χ0) is 22.8. The number of aromatic nitrogens is 3. The van der Waals surface area contributed by atoms with E-state index in [0.717, 1.165) is 49.9 Å². The summed E-state index contributed by atoms with van der Waals surface area (Å²) in [5.74, 6) is 0.673. The molecule has 0 amide bonds. The fraction of sp³-hybridized carbons (Fsp3) is 0.240. The molecule has 5 nitrogen and oxygen atoms in total. The lowest BCUT2D eigenvalue weighted by Gasteiger charge is -2.36. The molecule has 0 atom stereocenters. The second-order valence-corrected chi connectivity index (χ2v) is 8.08. The maximum absolute atomic E-state index is 13.4. The maximum atomic E-state index is 13.4. The summed E-state index contributed by atoms with van der Waals surface area (Å²) in [5.41, 5.74) is 1.96. The van der Waals surface area contributed by atoms with E-state index in [1.807, 2.05) is 42.6 Å². The molecule has 33 heavy (non-hydrogen) atoms. The van der Waals surface area contributed by atoms with Gasteiger partial charge in [-0.1, -0.05) is 36.4 Å². The van der Waals surface area contributed by atoms with Crippen molar-refractivity contribution in [2.24, 2.45) is 0 Å². The van der Waals surface area contributed by atoms with Gasteiger partial charge in [0, 0.05) is 62.3 Å².